The SMILES string of the molecule is O=C1c2ccccc2OP(F)N1C1=CCCC=C1. The van der Waals surface area contributed by atoms with Crippen molar-refractivity contribution in [2.75, 3.05) is 0 Å². The molecule has 3 rings (SSSR count). The molecule has 1 aromatic rings. The number of hydrogen-bond donors (Lipinski definition) is 0. The molecule has 0 radical (unpaired) electrons. The number of carbonyl (C=O) groups excluding carboxylic acids is 1. The van der Waals surface area contributed by atoms with Gasteiger partial charge in [0.1, 0.15) is 5.75 Å². The first kappa shape index (κ1) is 11.4. The molecule has 0 saturated carbocycles. The summed E-state index contributed by atoms with van der Waals surface area (Å²) in [7, 11) is -2.44. The lowest BCUT2D eigenvalue weighted by Crippen LogP contribution is -2.29. The van der Waals surface area contributed by atoms with Crippen LogP contribution in [0.2, 0.25) is 0 Å². The molecule has 1 amide bonds. The van der Waals surface area contributed by atoms with Gasteiger partial charge in [-0.15, -0.1) is 0 Å². The highest BCUT2D eigenvalue weighted by Crippen LogP contribution is 2.52. The number of hydrogen-bond acceptors (Lipinski definition) is 2. The van der Waals surface area contributed by atoms with E-state index in [0.717, 1.165) is 17.5 Å². The second kappa shape index (κ2) is 4.54. The number of fused-ring (bicyclic) bond motifs is 1. The number of nitrogens with zero attached hydrogens (tertiary/aromatic N) is 1. The van der Waals surface area contributed by atoms with E-state index >= 15 is 0 Å². The van der Waals surface area contributed by atoms with Gasteiger partial charge < -0.3 is 4.52 Å². The normalized spacial score (nSPS) is 22.3. The van der Waals surface area contributed by atoms with Crippen LogP contribution in [0, 0.1) is 0 Å². The van der Waals surface area contributed by atoms with Crippen molar-refractivity contribution in [3.05, 3.63) is 53.8 Å². The number of para-hydroxylation sites is 1. The highest BCUT2D eigenvalue weighted by atomic mass is 31.2. The van der Waals surface area contributed by atoms with Crippen LogP contribution in [0.3, 0.4) is 0 Å². The van der Waals surface area contributed by atoms with E-state index in [1.807, 2.05) is 12.2 Å². The molecular formula is C13H11FNO2P. The van der Waals surface area contributed by atoms with Gasteiger partial charge in [0.15, 0.2) is 0 Å². The third-order valence-corrected chi connectivity index (χ3v) is 3.94. The Morgan fingerprint density at radius 2 is 2.11 bits per heavy atom. The maximum atomic E-state index is 14.0. The number of allylic oxidation sites excluding steroid dienone is 3. The Morgan fingerprint density at radius 3 is 2.89 bits per heavy atom. The van der Waals surface area contributed by atoms with E-state index < -0.39 is 8.61 Å². The van der Waals surface area contributed by atoms with Crippen molar-refractivity contribution in [3.8, 4) is 5.75 Å². The number of amides is 1. The minimum Gasteiger partial charge on any atom is -0.428 e. The van der Waals surface area contributed by atoms with E-state index in [0.29, 0.717) is 17.0 Å². The minimum absolute atomic E-state index is 0.327. The molecule has 0 spiro atoms. The second-order valence-corrected chi connectivity index (χ2v) is 5.07. The molecule has 5 heteroatoms. The van der Waals surface area contributed by atoms with E-state index in [1.54, 1.807) is 30.3 Å². The predicted molar refractivity (Wildman–Crippen MR) is 67.7 cm³/mol. The smallest absolute Gasteiger partial charge is 0.401 e. The molecule has 0 bridgehead atoms. The molecule has 0 N–H and O–H groups in total. The monoisotopic (exact) mass is 263 g/mol. The fourth-order valence-corrected chi connectivity index (χ4v) is 2.98. The summed E-state index contributed by atoms with van der Waals surface area (Å²) in [6, 6.07) is 6.74. The fraction of sp³-hybridized carbons (Fsp3) is 0.154. The average Bonchev–Trinajstić information content (AvgIpc) is 2.40. The molecule has 1 aliphatic carbocycles. The molecule has 0 fully saturated rings. The Balaban J connectivity index is 2.00. The van der Waals surface area contributed by atoms with Gasteiger partial charge in [-0.25, -0.2) is 4.67 Å². The van der Waals surface area contributed by atoms with Gasteiger partial charge in [0.25, 0.3) is 5.91 Å². The van der Waals surface area contributed by atoms with Gasteiger partial charge >= 0.3 is 8.61 Å². The topological polar surface area (TPSA) is 29.5 Å². The van der Waals surface area contributed by atoms with E-state index in [1.165, 1.54) is 0 Å². The zero-order chi connectivity index (χ0) is 12.5. The highest BCUT2D eigenvalue weighted by Gasteiger charge is 2.37. The number of rotatable bonds is 1. The standard InChI is InChI=1S/C13H11FNO2P/c14-18-15(10-6-2-1-3-7-10)13(16)11-8-4-5-9-12(11)17-18/h2,4-9H,1,3H2. The van der Waals surface area contributed by atoms with Crippen molar-refractivity contribution in [2.45, 2.75) is 12.8 Å². The lowest BCUT2D eigenvalue weighted by molar-refractivity contribution is 0.0871. The Labute approximate surface area is 106 Å². The number of carbonyl (C=O) groups is 1. The van der Waals surface area contributed by atoms with Crippen molar-refractivity contribution in [1.82, 2.24) is 4.67 Å². The zero-order valence-corrected chi connectivity index (χ0v) is 10.4. The van der Waals surface area contributed by atoms with Crippen LogP contribution >= 0.6 is 8.61 Å². The zero-order valence-electron chi connectivity index (χ0n) is 9.54. The van der Waals surface area contributed by atoms with Crippen molar-refractivity contribution in [3.63, 3.8) is 0 Å². The van der Waals surface area contributed by atoms with Gasteiger partial charge in [0.05, 0.1) is 5.56 Å². The van der Waals surface area contributed by atoms with E-state index in [-0.39, 0.29) is 5.91 Å². The Hall–Kier alpha value is -1.67. The highest BCUT2D eigenvalue weighted by molar-refractivity contribution is 7.45. The van der Waals surface area contributed by atoms with Crippen LogP contribution in [0.15, 0.2) is 48.2 Å². The summed E-state index contributed by atoms with van der Waals surface area (Å²) < 4.78 is 20.3. The van der Waals surface area contributed by atoms with Gasteiger partial charge in [-0.3, -0.25) is 4.79 Å². The van der Waals surface area contributed by atoms with Crippen molar-refractivity contribution < 1.29 is 13.5 Å². The molecule has 3 nitrogen and oxygen atoms in total. The first-order chi connectivity index (χ1) is 8.77. The molecule has 1 unspecified atom stereocenters. The maximum Gasteiger partial charge on any atom is 0.401 e. The number of halogens is 1. The fourth-order valence-electron chi connectivity index (χ4n) is 2.00. The van der Waals surface area contributed by atoms with Crippen LogP contribution in [0.1, 0.15) is 23.2 Å². The molecule has 1 heterocycles. The third kappa shape index (κ3) is 1.83. The molecule has 1 atom stereocenters. The maximum absolute atomic E-state index is 14.0. The summed E-state index contributed by atoms with van der Waals surface area (Å²) in [4.78, 5) is 12.3. The molecule has 92 valence electrons. The van der Waals surface area contributed by atoms with E-state index in [2.05, 4.69) is 0 Å². The van der Waals surface area contributed by atoms with Gasteiger partial charge in [0.2, 0.25) is 0 Å². The van der Waals surface area contributed by atoms with Crippen LogP contribution in [0.5, 0.6) is 5.75 Å². The van der Waals surface area contributed by atoms with Gasteiger partial charge in [0, 0.05) is 5.70 Å². The molecule has 2 aliphatic rings. The molecule has 0 saturated heterocycles. The van der Waals surface area contributed by atoms with Crippen molar-refractivity contribution in [1.29, 1.82) is 0 Å². The summed E-state index contributed by atoms with van der Waals surface area (Å²) in [5.41, 5.74) is 1.00. The van der Waals surface area contributed by atoms with Crippen LogP contribution < -0.4 is 4.52 Å². The summed E-state index contributed by atoms with van der Waals surface area (Å²) in [5, 5.41) is 0. The number of benzene rings is 1. The Morgan fingerprint density at radius 1 is 1.28 bits per heavy atom. The second-order valence-electron chi connectivity index (χ2n) is 4.04. The Bertz CT molecular complexity index is 556. The molecule has 0 aromatic heterocycles. The lowest BCUT2D eigenvalue weighted by atomic mass is 10.1. The van der Waals surface area contributed by atoms with Crippen LogP contribution in [0.4, 0.5) is 4.20 Å². The minimum atomic E-state index is -2.44. The summed E-state index contributed by atoms with van der Waals surface area (Å²) >= 11 is 0. The molecule has 1 aliphatic heterocycles. The van der Waals surface area contributed by atoms with Gasteiger partial charge in [-0.2, -0.15) is 4.20 Å². The lowest BCUT2D eigenvalue weighted by Gasteiger charge is -2.31. The first-order valence-corrected chi connectivity index (χ1v) is 6.81. The van der Waals surface area contributed by atoms with E-state index in [4.69, 9.17) is 4.52 Å². The predicted octanol–water partition coefficient (Wildman–Crippen LogP) is 3.95. The van der Waals surface area contributed by atoms with Crippen LogP contribution in [0.25, 0.3) is 0 Å². The summed E-state index contributed by atoms with van der Waals surface area (Å²) in [5.74, 6) is -0.00369. The average molecular weight is 263 g/mol. The van der Waals surface area contributed by atoms with E-state index in [9.17, 15) is 8.99 Å². The van der Waals surface area contributed by atoms with Crippen LogP contribution in [-0.4, -0.2) is 10.6 Å². The molecular weight excluding hydrogens is 252 g/mol. The van der Waals surface area contributed by atoms with Crippen molar-refractivity contribution >= 4 is 14.5 Å². The molecule has 18 heavy (non-hydrogen) atoms. The summed E-state index contributed by atoms with van der Waals surface area (Å²) in [6.45, 7) is 0. The first-order valence-electron chi connectivity index (χ1n) is 5.71. The largest absolute Gasteiger partial charge is 0.428 e. The van der Waals surface area contributed by atoms with Crippen molar-refractivity contribution in [2.24, 2.45) is 0 Å². The molecule has 1 aromatic carbocycles. The summed E-state index contributed by atoms with van der Waals surface area (Å²) in [6.07, 6.45) is 7.32. The quantitative estimate of drug-likeness (QED) is 0.718. The van der Waals surface area contributed by atoms with Gasteiger partial charge in [-0.05, 0) is 31.1 Å². The van der Waals surface area contributed by atoms with Gasteiger partial charge in [-0.1, -0.05) is 24.3 Å². The van der Waals surface area contributed by atoms with Crippen LogP contribution in [-0.2, 0) is 0 Å². The third-order valence-electron chi connectivity index (χ3n) is 2.86. The Kier molecular flexibility index (Phi) is 2.88.